The molecule has 0 aromatic carbocycles. The average molecular weight is 215 g/mol. The van der Waals surface area contributed by atoms with Gasteiger partial charge in [-0.25, -0.2) is 0 Å². The monoisotopic (exact) mass is 215 g/mol. The van der Waals surface area contributed by atoms with E-state index in [0.717, 1.165) is 18.4 Å². The summed E-state index contributed by atoms with van der Waals surface area (Å²) in [6.45, 7) is 14.0. The van der Waals surface area contributed by atoms with E-state index in [4.69, 9.17) is 0 Å². The van der Waals surface area contributed by atoms with Gasteiger partial charge in [-0.3, -0.25) is 0 Å². The zero-order valence-corrected chi connectivity index (χ0v) is 13.0. The minimum atomic E-state index is 0.597. The maximum Gasteiger partial charge on any atom is 0.0129 e. The molecule has 0 rings (SSSR count). The highest BCUT2D eigenvalue weighted by Gasteiger charge is 2.34. The molecule has 0 radical (unpaired) electrons. The van der Waals surface area contributed by atoms with Crippen LogP contribution in [-0.4, -0.2) is 23.3 Å². The summed E-state index contributed by atoms with van der Waals surface area (Å²) in [7, 11) is 1.31. The molecule has 0 fully saturated rings. The second-order valence-corrected chi connectivity index (χ2v) is 6.77. The fourth-order valence-electron chi connectivity index (χ4n) is 2.16. The Morgan fingerprint density at radius 1 is 1.07 bits per heavy atom. The molecule has 0 spiro atoms. The van der Waals surface area contributed by atoms with Gasteiger partial charge in [-0.15, -0.1) is 0 Å². The molecule has 0 saturated heterocycles. The van der Waals surface area contributed by atoms with Crippen molar-refractivity contribution in [2.24, 2.45) is 11.8 Å². The SMILES string of the molecule is CCNCC([SiH3])(C(C)CC)C(C)CC. The highest BCUT2D eigenvalue weighted by Crippen LogP contribution is 2.42. The Morgan fingerprint density at radius 2 is 1.50 bits per heavy atom. The van der Waals surface area contributed by atoms with E-state index in [-0.39, 0.29) is 0 Å². The molecule has 0 aromatic heterocycles. The Morgan fingerprint density at radius 3 is 1.79 bits per heavy atom. The molecule has 2 heteroatoms. The normalized spacial score (nSPS) is 20.4. The largest absolute Gasteiger partial charge is 0.317 e. The van der Waals surface area contributed by atoms with Gasteiger partial charge in [-0.05, 0) is 30.0 Å². The van der Waals surface area contributed by atoms with E-state index in [1.54, 1.807) is 0 Å². The fourth-order valence-corrected chi connectivity index (χ4v) is 3.23. The topological polar surface area (TPSA) is 12.0 Å². The quantitative estimate of drug-likeness (QED) is 0.642. The summed E-state index contributed by atoms with van der Waals surface area (Å²) in [5.74, 6) is 1.73. The molecule has 0 aliphatic heterocycles. The number of hydrogen-bond acceptors (Lipinski definition) is 1. The second kappa shape index (κ2) is 6.62. The predicted octanol–water partition coefficient (Wildman–Crippen LogP) is 2.21. The van der Waals surface area contributed by atoms with Crippen molar-refractivity contribution in [3.8, 4) is 0 Å². The van der Waals surface area contributed by atoms with Crippen molar-refractivity contribution in [2.45, 2.75) is 52.5 Å². The van der Waals surface area contributed by atoms with Crippen LogP contribution in [0, 0.1) is 11.8 Å². The van der Waals surface area contributed by atoms with Gasteiger partial charge in [-0.1, -0.05) is 47.5 Å². The Hall–Kier alpha value is 0.177. The molecule has 0 aliphatic rings. The molecule has 2 unspecified atom stereocenters. The van der Waals surface area contributed by atoms with Gasteiger partial charge in [0.15, 0.2) is 0 Å². The van der Waals surface area contributed by atoms with Crippen LogP contribution >= 0.6 is 0 Å². The molecule has 0 heterocycles. The van der Waals surface area contributed by atoms with Gasteiger partial charge >= 0.3 is 0 Å². The van der Waals surface area contributed by atoms with Crippen molar-refractivity contribution in [3.05, 3.63) is 0 Å². The maximum absolute atomic E-state index is 3.55. The third-order valence-corrected chi connectivity index (χ3v) is 6.56. The minimum absolute atomic E-state index is 0.597. The van der Waals surface area contributed by atoms with E-state index >= 15 is 0 Å². The van der Waals surface area contributed by atoms with Crippen LogP contribution in [0.25, 0.3) is 0 Å². The first-order valence-electron chi connectivity index (χ1n) is 6.23. The Labute approximate surface area is 93.5 Å². The second-order valence-electron chi connectivity index (χ2n) is 4.90. The summed E-state index contributed by atoms with van der Waals surface area (Å²) >= 11 is 0. The highest BCUT2D eigenvalue weighted by molar-refractivity contribution is 6.15. The van der Waals surface area contributed by atoms with Crippen molar-refractivity contribution in [3.63, 3.8) is 0 Å². The smallest absolute Gasteiger partial charge is 0.0129 e. The lowest BCUT2D eigenvalue weighted by molar-refractivity contribution is 0.257. The zero-order valence-electron chi connectivity index (χ0n) is 11.0. The summed E-state index contributed by atoms with van der Waals surface area (Å²) in [5, 5.41) is 4.15. The van der Waals surface area contributed by atoms with Crippen LogP contribution in [0.15, 0.2) is 0 Å². The zero-order chi connectivity index (χ0) is 11.2. The molecule has 0 saturated carbocycles. The molecule has 0 amide bonds. The first kappa shape index (κ1) is 14.2. The molecule has 2 atom stereocenters. The van der Waals surface area contributed by atoms with Crippen molar-refractivity contribution in [2.75, 3.05) is 13.1 Å². The van der Waals surface area contributed by atoms with Gasteiger partial charge in [0.2, 0.25) is 0 Å². The van der Waals surface area contributed by atoms with E-state index in [2.05, 4.69) is 39.9 Å². The molecule has 1 nitrogen and oxygen atoms in total. The third-order valence-electron chi connectivity index (χ3n) is 4.23. The molecule has 0 bridgehead atoms. The summed E-state index contributed by atoms with van der Waals surface area (Å²) in [4.78, 5) is 0. The Balaban J connectivity index is 4.47. The van der Waals surface area contributed by atoms with E-state index in [0.29, 0.717) is 5.04 Å². The van der Waals surface area contributed by atoms with Crippen molar-refractivity contribution < 1.29 is 0 Å². The van der Waals surface area contributed by atoms with E-state index in [1.165, 1.54) is 29.6 Å². The maximum atomic E-state index is 3.55. The Bertz CT molecular complexity index is 137. The molecule has 1 N–H and O–H groups in total. The van der Waals surface area contributed by atoms with Crippen LogP contribution in [0.3, 0.4) is 0 Å². The summed E-state index contributed by atoms with van der Waals surface area (Å²) in [6, 6.07) is 0. The number of nitrogens with one attached hydrogen (secondary N) is 1. The van der Waals surface area contributed by atoms with E-state index in [9.17, 15) is 0 Å². The van der Waals surface area contributed by atoms with Crippen LogP contribution in [0.1, 0.15) is 47.5 Å². The average Bonchev–Trinajstić information content (AvgIpc) is 2.23. The number of hydrogen-bond donors (Lipinski definition) is 1. The third kappa shape index (κ3) is 3.39. The van der Waals surface area contributed by atoms with Gasteiger partial charge in [0.25, 0.3) is 0 Å². The summed E-state index contributed by atoms with van der Waals surface area (Å²) in [6.07, 6.45) is 2.64. The van der Waals surface area contributed by atoms with Crippen molar-refractivity contribution in [1.82, 2.24) is 5.32 Å². The highest BCUT2D eigenvalue weighted by atomic mass is 28.1. The van der Waals surface area contributed by atoms with Gasteiger partial charge < -0.3 is 5.32 Å². The lowest BCUT2D eigenvalue weighted by atomic mass is 9.79. The van der Waals surface area contributed by atoms with Gasteiger partial charge in [0.1, 0.15) is 0 Å². The first-order valence-corrected chi connectivity index (χ1v) is 7.23. The summed E-state index contributed by atoms with van der Waals surface area (Å²) in [5.41, 5.74) is 0. The van der Waals surface area contributed by atoms with Crippen LogP contribution in [0.5, 0.6) is 0 Å². The molecule has 14 heavy (non-hydrogen) atoms. The number of rotatable bonds is 7. The van der Waals surface area contributed by atoms with Crippen LogP contribution < -0.4 is 5.32 Å². The van der Waals surface area contributed by atoms with Crippen LogP contribution in [0.2, 0.25) is 5.04 Å². The minimum Gasteiger partial charge on any atom is -0.317 e. The lowest BCUT2D eigenvalue weighted by Crippen LogP contribution is -2.38. The molecule has 0 aliphatic carbocycles. The molecule has 0 aromatic rings. The molecular formula is C12H29NSi. The fraction of sp³-hybridized carbons (Fsp3) is 1.00. The molecule has 86 valence electrons. The van der Waals surface area contributed by atoms with Gasteiger partial charge in [0.05, 0.1) is 0 Å². The standard InChI is InChI=1S/C12H29NSi/c1-6-10(4)12(14,9-13-8-3)11(5)7-2/h10-11,13H,6-9H2,1-5,14H3. The molecular weight excluding hydrogens is 186 g/mol. The van der Waals surface area contributed by atoms with E-state index in [1.807, 2.05) is 0 Å². The van der Waals surface area contributed by atoms with E-state index < -0.39 is 0 Å². The van der Waals surface area contributed by atoms with Gasteiger partial charge in [0, 0.05) is 10.2 Å². The summed E-state index contributed by atoms with van der Waals surface area (Å²) < 4.78 is 0. The first-order chi connectivity index (χ1) is 6.52. The van der Waals surface area contributed by atoms with Crippen LogP contribution in [-0.2, 0) is 0 Å². The van der Waals surface area contributed by atoms with Crippen molar-refractivity contribution in [1.29, 1.82) is 0 Å². The van der Waals surface area contributed by atoms with Crippen LogP contribution in [0.4, 0.5) is 0 Å². The Kier molecular flexibility index (Phi) is 6.71. The lowest BCUT2D eigenvalue weighted by Gasteiger charge is -2.41. The van der Waals surface area contributed by atoms with Gasteiger partial charge in [-0.2, -0.15) is 0 Å². The van der Waals surface area contributed by atoms with Crippen molar-refractivity contribution >= 4 is 10.2 Å². The predicted molar refractivity (Wildman–Crippen MR) is 70.1 cm³/mol.